The molecule has 0 N–H and O–H groups in total. The van der Waals surface area contributed by atoms with Gasteiger partial charge >= 0.3 is 0 Å². The fraction of sp³-hybridized carbons (Fsp3) is 0.0909. The zero-order valence-electron chi connectivity index (χ0n) is 14.7. The van der Waals surface area contributed by atoms with Crippen molar-refractivity contribution in [2.24, 2.45) is 0 Å². The van der Waals surface area contributed by atoms with Crippen molar-refractivity contribution in [1.29, 1.82) is 0 Å². The van der Waals surface area contributed by atoms with Crippen LogP contribution < -0.4 is 4.74 Å². The van der Waals surface area contributed by atoms with Crippen LogP contribution >= 0.6 is 0 Å². The Labute approximate surface area is 158 Å². The molecule has 0 saturated heterocycles. The van der Waals surface area contributed by atoms with Crippen molar-refractivity contribution in [1.82, 2.24) is 4.57 Å². The molecule has 1 aromatic heterocycles. The minimum atomic E-state index is -1.57. The van der Waals surface area contributed by atoms with Gasteiger partial charge in [-0.3, -0.25) is 0 Å². The molecule has 0 fully saturated rings. The maximum absolute atomic E-state index is 14.1. The van der Waals surface area contributed by atoms with Crippen LogP contribution in [-0.2, 0) is 6.54 Å². The van der Waals surface area contributed by atoms with Crippen molar-refractivity contribution in [2.75, 3.05) is 6.61 Å². The maximum atomic E-state index is 14.1. The SMILES string of the molecule is C=Cc1c(F)c(F)c(OCCn2c3ccccc3c3ccccc32)c(F)c1F. The first-order valence-corrected chi connectivity index (χ1v) is 8.61. The molecule has 142 valence electrons. The molecule has 0 aliphatic heterocycles. The lowest BCUT2D eigenvalue weighted by molar-refractivity contribution is 0.261. The number of aromatic nitrogens is 1. The fourth-order valence-corrected chi connectivity index (χ4v) is 3.42. The smallest absolute Gasteiger partial charge is 0.204 e. The molecule has 0 saturated carbocycles. The average Bonchev–Trinajstić information content (AvgIpc) is 3.04. The molecule has 0 aliphatic carbocycles. The number of ether oxygens (including phenoxy) is 1. The third kappa shape index (κ3) is 2.72. The first-order chi connectivity index (χ1) is 13.5. The number of halogens is 4. The molecule has 0 bridgehead atoms. The molecule has 0 unspecified atom stereocenters. The first-order valence-electron chi connectivity index (χ1n) is 8.61. The van der Waals surface area contributed by atoms with Crippen molar-refractivity contribution in [3.05, 3.63) is 83.9 Å². The molecule has 3 aromatic carbocycles. The Bertz CT molecular complexity index is 1130. The molecule has 0 spiro atoms. The predicted octanol–water partition coefficient (Wildman–Crippen LogP) is 6.07. The minimum absolute atomic E-state index is 0.178. The highest BCUT2D eigenvalue weighted by Gasteiger charge is 2.25. The molecule has 2 nitrogen and oxygen atoms in total. The third-order valence-corrected chi connectivity index (χ3v) is 4.70. The van der Waals surface area contributed by atoms with Crippen LogP contribution in [-0.4, -0.2) is 11.2 Å². The number of rotatable bonds is 5. The van der Waals surface area contributed by atoms with E-state index in [0.717, 1.165) is 27.9 Å². The van der Waals surface area contributed by atoms with E-state index >= 15 is 0 Å². The Morgan fingerprint density at radius 2 is 1.29 bits per heavy atom. The highest BCUT2D eigenvalue weighted by molar-refractivity contribution is 6.07. The van der Waals surface area contributed by atoms with Gasteiger partial charge in [0, 0.05) is 21.8 Å². The van der Waals surface area contributed by atoms with E-state index in [4.69, 9.17) is 4.74 Å². The fourth-order valence-electron chi connectivity index (χ4n) is 3.42. The van der Waals surface area contributed by atoms with E-state index in [1.807, 2.05) is 53.1 Å². The normalized spacial score (nSPS) is 11.3. The average molecular weight is 385 g/mol. The summed E-state index contributed by atoms with van der Waals surface area (Å²) in [6.45, 7) is 3.22. The summed E-state index contributed by atoms with van der Waals surface area (Å²) < 4.78 is 63.0. The van der Waals surface area contributed by atoms with Gasteiger partial charge in [0.1, 0.15) is 6.61 Å². The van der Waals surface area contributed by atoms with Gasteiger partial charge in [0.05, 0.1) is 12.1 Å². The molecule has 6 heteroatoms. The van der Waals surface area contributed by atoms with Crippen LogP contribution in [0.1, 0.15) is 5.56 Å². The van der Waals surface area contributed by atoms with Gasteiger partial charge < -0.3 is 9.30 Å². The summed E-state index contributed by atoms with van der Waals surface area (Å²) in [5.74, 6) is -7.27. The highest BCUT2D eigenvalue weighted by Crippen LogP contribution is 2.31. The van der Waals surface area contributed by atoms with Gasteiger partial charge in [-0.1, -0.05) is 49.1 Å². The van der Waals surface area contributed by atoms with E-state index in [1.54, 1.807) is 0 Å². The van der Waals surface area contributed by atoms with Crippen LogP contribution in [0.4, 0.5) is 17.6 Å². The van der Waals surface area contributed by atoms with E-state index < -0.39 is 34.6 Å². The number of fused-ring (bicyclic) bond motifs is 3. The largest absolute Gasteiger partial charge is 0.486 e. The molecule has 0 radical (unpaired) electrons. The molecule has 0 aliphatic rings. The van der Waals surface area contributed by atoms with Crippen LogP contribution in [0.2, 0.25) is 0 Å². The maximum Gasteiger partial charge on any atom is 0.204 e. The van der Waals surface area contributed by atoms with E-state index in [0.29, 0.717) is 0 Å². The number of hydrogen-bond donors (Lipinski definition) is 0. The molecular weight excluding hydrogens is 370 g/mol. The topological polar surface area (TPSA) is 14.2 Å². The molecule has 0 amide bonds. The van der Waals surface area contributed by atoms with E-state index in [2.05, 4.69) is 6.58 Å². The standard InChI is InChI=1S/C22H15F4NO/c1-2-13-18(23)20(25)22(21(26)19(13)24)28-12-11-27-16-9-5-3-7-14(16)15-8-4-6-10-17(15)27/h2-10H,1,11-12H2. The predicted molar refractivity (Wildman–Crippen MR) is 101 cm³/mol. The van der Waals surface area contributed by atoms with Crippen LogP contribution in [0.5, 0.6) is 5.75 Å². The van der Waals surface area contributed by atoms with Crippen LogP contribution in [0.25, 0.3) is 27.9 Å². The monoisotopic (exact) mass is 385 g/mol. The summed E-state index contributed by atoms with van der Waals surface area (Å²) in [5.41, 5.74) is 0.991. The summed E-state index contributed by atoms with van der Waals surface area (Å²) in [6.07, 6.45) is 0.721. The zero-order chi connectivity index (χ0) is 19.8. The Kier molecular flexibility index (Phi) is 4.55. The lowest BCUT2D eigenvalue weighted by Crippen LogP contribution is -2.12. The third-order valence-electron chi connectivity index (χ3n) is 4.70. The second-order valence-corrected chi connectivity index (χ2v) is 6.24. The Morgan fingerprint density at radius 1 is 0.786 bits per heavy atom. The van der Waals surface area contributed by atoms with Gasteiger partial charge in [-0.2, -0.15) is 8.78 Å². The van der Waals surface area contributed by atoms with Crippen LogP contribution in [0.15, 0.2) is 55.1 Å². The molecule has 4 rings (SSSR count). The van der Waals surface area contributed by atoms with Gasteiger partial charge in [0.15, 0.2) is 17.4 Å². The van der Waals surface area contributed by atoms with Crippen molar-refractivity contribution < 1.29 is 22.3 Å². The van der Waals surface area contributed by atoms with Gasteiger partial charge in [0.25, 0.3) is 0 Å². The summed E-state index contributed by atoms with van der Waals surface area (Å²) in [6, 6.07) is 15.4. The van der Waals surface area contributed by atoms with Gasteiger partial charge in [-0.05, 0) is 12.1 Å². The zero-order valence-corrected chi connectivity index (χ0v) is 14.7. The molecular formula is C22H15F4NO. The van der Waals surface area contributed by atoms with Gasteiger partial charge in [0.2, 0.25) is 11.6 Å². The summed E-state index contributed by atoms with van der Waals surface area (Å²) in [4.78, 5) is 0. The molecule has 28 heavy (non-hydrogen) atoms. The lowest BCUT2D eigenvalue weighted by Gasteiger charge is -2.13. The second-order valence-electron chi connectivity index (χ2n) is 6.24. The van der Waals surface area contributed by atoms with Crippen molar-refractivity contribution >= 4 is 27.9 Å². The summed E-state index contributed by atoms with van der Waals surface area (Å²) in [5, 5.41) is 2.06. The van der Waals surface area contributed by atoms with E-state index in [-0.39, 0.29) is 13.2 Å². The van der Waals surface area contributed by atoms with Crippen molar-refractivity contribution in [2.45, 2.75) is 6.54 Å². The second kappa shape index (κ2) is 7.03. The Hall–Kier alpha value is -3.28. The molecule has 4 aromatic rings. The van der Waals surface area contributed by atoms with Crippen molar-refractivity contribution in [3.8, 4) is 5.75 Å². The first kappa shape index (κ1) is 18.1. The number of hydrogen-bond acceptors (Lipinski definition) is 1. The minimum Gasteiger partial charge on any atom is -0.486 e. The highest BCUT2D eigenvalue weighted by atomic mass is 19.2. The van der Waals surface area contributed by atoms with Gasteiger partial charge in [-0.25, -0.2) is 8.78 Å². The van der Waals surface area contributed by atoms with Crippen LogP contribution in [0.3, 0.4) is 0 Å². The number of benzene rings is 3. The Morgan fingerprint density at radius 3 is 1.79 bits per heavy atom. The van der Waals surface area contributed by atoms with E-state index in [9.17, 15) is 17.6 Å². The number of nitrogens with zero attached hydrogens (tertiary/aromatic N) is 1. The lowest BCUT2D eigenvalue weighted by atomic mass is 10.1. The molecule has 0 atom stereocenters. The Balaban J connectivity index is 1.68. The molecule has 1 heterocycles. The van der Waals surface area contributed by atoms with Crippen LogP contribution in [0, 0.1) is 23.3 Å². The summed E-state index contributed by atoms with van der Waals surface area (Å²) in [7, 11) is 0. The van der Waals surface area contributed by atoms with Gasteiger partial charge in [-0.15, -0.1) is 0 Å². The summed E-state index contributed by atoms with van der Waals surface area (Å²) >= 11 is 0. The van der Waals surface area contributed by atoms with Crippen molar-refractivity contribution in [3.63, 3.8) is 0 Å². The quantitative estimate of drug-likeness (QED) is 0.300. The number of para-hydroxylation sites is 2. The van der Waals surface area contributed by atoms with E-state index in [1.165, 1.54) is 0 Å².